The minimum absolute atomic E-state index is 0.129. The second-order valence-electron chi connectivity index (χ2n) is 8.62. The second kappa shape index (κ2) is 16.1. The molecule has 1 aliphatic carbocycles. The molecule has 0 spiro atoms. The summed E-state index contributed by atoms with van der Waals surface area (Å²) in [5.74, 6) is 2.52. The first-order valence-electron chi connectivity index (χ1n) is 12.5. The fourth-order valence-electron chi connectivity index (χ4n) is 4.03. The van der Waals surface area contributed by atoms with Gasteiger partial charge in [0.05, 0.1) is 16.5 Å². The van der Waals surface area contributed by atoms with Crippen LogP contribution < -0.4 is 10.6 Å². The van der Waals surface area contributed by atoms with E-state index in [1.807, 2.05) is 56.3 Å². The molecule has 4 rings (SSSR count). The van der Waals surface area contributed by atoms with Crippen molar-refractivity contribution in [2.45, 2.75) is 44.4 Å². The lowest BCUT2D eigenvalue weighted by atomic mass is 9.82. The molecule has 1 aliphatic rings. The fourth-order valence-corrected chi connectivity index (χ4v) is 5.97. The van der Waals surface area contributed by atoms with Crippen LogP contribution in [0, 0.1) is 5.92 Å². The molecule has 38 heavy (non-hydrogen) atoms. The summed E-state index contributed by atoms with van der Waals surface area (Å²) in [7, 11) is 6.98. The van der Waals surface area contributed by atoms with Gasteiger partial charge in [0.25, 0.3) is 0 Å². The maximum atomic E-state index is 12.2. The van der Waals surface area contributed by atoms with Gasteiger partial charge in [0, 0.05) is 56.1 Å². The monoisotopic (exact) mass is 567 g/mol. The Hall–Kier alpha value is -2.94. The lowest BCUT2D eigenvalue weighted by Gasteiger charge is -2.28. The number of thioether (sulfide) groups is 1. The summed E-state index contributed by atoms with van der Waals surface area (Å²) < 4.78 is 0. The van der Waals surface area contributed by atoms with E-state index in [9.17, 15) is 4.79 Å². The number of anilines is 1. The second-order valence-corrected chi connectivity index (χ2v) is 11.2. The van der Waals surface area contributed by atoms with Crippen LogP contribution in [-0.4, -0.2) is 51.0 Å². The van der Waals surface area contributed by atoms with E-state index in [0.29, 0.717) is 17.0 Å². The quantitative estimate of drug-likeness (QED) is 0.202. The van der Waals surface area contributed by atoms with Gasteiger partial charge in [-0.25, -0.2) is 0 Å². The van der Waals surface area contributed by atoms with Crippen molar-refractivity contribution in [2.75, 3.05) is 19.4 Å². The van der Waals surface area contributed by atoms with E-state index in [0.717, 1.165) is 58.6 Å². The van der Waals surface area contributed by atoms with Gasteiger partial charge in [0.2, 0.25) is 11.0 Å². The highest BCUT2D eigenvalue weighted by Crippen LogP contribution is 2.40. The van der Waals surface area contributed by atoms with Crippen LogP contribution in [-0.2, 0) is 17.6 Å². The van der Waals surface area contributed by atoms with Gasteiger partial charge >= 0.3 is 0 Å². The average Bonchev–Trinajstić information content (AvgIpc) is 3.41. The minimum atomic E-state index is -0.129. The van der Waals surface area contributed by atoms with Gasteiger partial charge in [-0.2, -0.15) is 0 Å². The molecule has 1 fully saturated rings. The van der Waals surface area contributed by atoms with Crippen LogP contribution in [0.15, 0.2) is 65.4 Å². The Morgan fingerprint density at radius 1 is 1.18 bits per heavy atom. The maximum Gasteiger partial charge on any atom is 0.232 e. The normalized spacial score (nSPS) is 17.1. The predicted molar refractivity (Wildman–Crippen MR) is 163 cm³/mol. The number of rotatable bonds is 9. The van der Waals surface area contributed by atoms with Gasteiger partial charge in [-0.15, -0.1) is 19.1 Å². The molecule has 3 aromatic rings. The number of nitrogens with one attached hydrogen (secondary N) is 2. The number of amides is 1. The molecule has 2 atom stereocenters. The zero-order chi connectivity index (χ0) is 27.2. The molecule has 2 unspecified atom stereocenters. The Bertz CT molecular complexity index is 1200. The lowest BCUT2D eigenvalue weighted by molar-refractivity contribution is -0.115. The standard InChI is InChI=1S/C20H26N6OS2.C7H8NP/c1-13(21-2)28-18(22-3)14-7-6-8-15(11-14)19-25-26-20(29-19)24-17(27)12-16-9-4-5-10-23-16;9-6-4-7-3-1-2-5-8-7/h4-5,9-10,14-15,21H,1,6-8,11-12H2,2-3H3,(H,24,26,27);1-3,5-6,9H,4H2. The first-order chi connectivity index (χ1) is 18.5. The Kier molecular flexibility index (Phi) is 12.6. The number of pyridine rings is 2. The predicted octanol–water partition coefficient (Wildman–Crippen LogP) is 5.41. The lowest BCUT2D eigenvalue weighted by Crippen LogP contribution is -2.21. The van der Waals surface area contributed by atoms with Crippen molar-refractivity contribution in [3.05, 3.63) is 76.8 Å². The number of aliphatic imine (C=N–C) groups is 1. The minimum Gasteiger partial charge on any atom is -0.383 e. The Balaban J connectivity index is 0.000000375. The number of aromatic nitrogens is 4. The average molecular weight is 568 g/mol. The zero-order valence-electron chi connectivity index (χ0n) is 21.8. The summed E-state index contributed by atoms with van der Waals surface area (Å²) in [4.78, 5) is 25.0. The van der Waals surface area contributed by atoms with Crippen LogP contribution in [0.2, 0.25) is 0 Å². The van der Waals surface area contributed by atoms with Crippen LogP contribution >= 0.6 is 32.0 Å². The van der Waals surface area contributed by atoms with Crippen LogP contribution in [0.25, 0.3) is 0 Å². The first kappa shape index (κ1) is 29.6. The Labute approximate surface area is 235 Å². The summed E-state index contributed by atoms with van der Waals surface area (Å²) in [6, 6.07) is 11.4. The Morgan fingerprint density at radius 2 is 1.92 bits per heavy atom. The van der Waals surface area contributed by atoms with E-state index in [1.165, 1.54) is 11.3 Å². The fraction of sp³-hybridized carbons (Fsp3) is 0.370. The SMILES string of the molecule is C=C(NC)SC(=NC)C1CCCC(c2nnc(NC(=O)Cc3ccccn3)s2)C1.P=CCc1ccccn1. The van der Waals surface area contributed by atoms with E-state index >= 15 is 0 Å². The number of carbonyl (C=O) groups is 1. The van der Waals surface area contributed by atoms with Gasteiger partial charge < -0.3 is 10.6 Å². The van der Waals surface area contributed by atoms with E-state index in [-0.39, 0.29) is 12.3 Å². The van der Waals surface area contributed by atoms with Gasteiger partial charge in [0.15, 0.2) is 0 Å². The highest BCUT2D eigenvalue weighted by atomic mass is 32.2. The molecular weight excluding hydrogens is 533 g/mol. The third-order valence-electron chi connectivity index (χ3n) is 5.89. The number of carbonyl (C=O) groups excluding carboxylic acids is 1. The molecular formula is C27H34N7OPS2. The van der Waals surface area contributed by atoms with Crippen molar-refractivity contribution in [1.29, 1.82) is 0 Å². The smallest absolute Gasteiger partial charge is 0.232 e. The molecule has 8 nitrogen and oxygen atoms in total. The third kappa shape index (κ3) is 9.74. The van der Waals surface area contributed by atoms with Crippen molar-refractivity contribution < 1.29 is 4.79 Å². The van der Waals surface area contributed by atoms with Crippen molar-refractivity contribution in [3.63, 3.8) is 0 Å². The van der Waals surface area contributed by atoms with Gasteiger partial charge in [0.1, 0.15) is 5.01 Å². The van der Waals surface area contributed by atoms with E-state index in [2.05, 4.69) is 51.2 Å². The highest BCUT2D eigenvalue weighted by Gasteiger charge is 2.29. The summed E-state index contributed by atoms with van der Waals surface area (Å²) in [5.41, 5.74) is 1.82. The summed E-state index contributed by atoms with van der Waals surface area (Å²) in [6.45, 7) is 4.00. The third-order valence-corrected chi connectivity index (χ3v) is 8.27. The summed E-state index contributed by atoms with van der Waals surface area (Å²) >= 11 is 3.08. The van der Waals surface area contributed by atoms with E-state index in [1.54, 1.807) is 24.2 Å². The topological polar surface area (TPSA) is 105 Å². The van der Waals surface area contributed by atoms with Gasteiger partial charge in [-0.1, -0.05) is 54.0 Å². The van der Waals surface area contributed by atoms with E-state index in [4.69, 9.17) is 0 Å². The van der Waals surface area contributed by atoms with Crippen molar-refractivity contribution >= 4 is 53.8 Å². The molecule has 0 bridgehead atoms. The van der Waals surface area contributed by atoms with Crippen molar-refractivity contribution in [3.8, 4) is 0 Å². The summed E-state index contributed by atoms with van der Waals surface area (Å²) in [6.07, 6.45) is 8.92. The maximum absolute atomic E-state index is 12.2. The number of nitrogens with zero attached hydrogens (tertiary/aromatic N) is 5. The molecule has 0 aliphatic heterocycles. The molecule has 0 aromatic carbocycles. The first-order valence-corrected chi connectivity index (χ1v) is 14.7. The van der Waals surface area contributed by atoms with Crippen molar-refractivity contribution in [2.24, 2.45) is 10.9 Å². The van der Waals surface area contributed by atoms with Crippen LogP contribution in [0.5, 0.6) is 0 Å². The number of hydrogen-bond acceptors (Lipinski definition) is 9. The van der Waals surface area contributed by atoms with Crippen molar-refractivity contribution in [1.82, 2.24) is 25.5 Å². The Morgan fingerprint density at radius 3 is 2.55 bits per heavy atom. The molecule has 200 valence electrons. The van der Waals surface area contributed by atoms with Gasteiger partial charge in [-0.05, 0) is 43.5 Å². The van der Waals surface area contributed by atoms with Crippen LogP contribution in [0.4, 0.5) is 5.13 Å². The van der Waals surface area contributed by atoms with Crippen LogP contribution in [0.1, 0.15) is 48.0 Å². The molecule has 0 saturated heterocycles. The molecule has 0 radical (unpaired) electrons. The number of hydrogen-bond donors (Lipinski definition) is 2. The molecule has 1 saturated carbocycles. The van der Waals surface area contributed by atoms with E-state index < -0.39 is 0 Å². The van der Waals surface area contributed by atoms with Crippen LogP contribution in [0.3, 0.4) is 0 Å². The molecule has 1 amide bonds. The molecule has 11 heteroatoms. The molecule has 2 N–H and O–H groups in total. The highest BCUT2D eigenvalue weighted by molar-refractivity contribution is 8.17. The molecule has 3 aromatic heterocycles. The zero-order valence-corrected chi connectivity index (χ0v) is 24.4. The summed E-state index contributed by atoms with van der Waals surface area (Å²) in [5, 5.41) is 18.0. The largest absolute Gasteiger partial charge is 0.383 e. The molecule has 3 heterocycles. The van der Waals surface area contributed by atoms with Gasteiger partial charge in [-0.3, -0.25) is 19.8 Å².